The van der Waals surface area contributed by atoms with E-state index in [1.54, 1.807) is 0 Å². The van der Waals surface area contributed by atoms with Gasteiger partial charge in [-0.2, -0.15) is 5.10 Å². The summed E-state index contributed by atoms with van der Waals surface area (Å²) in [6.07, 6.45) is 2.37. The molecule has 6 heteroatoms. The second kappa shape index (κ2) is 8.31. The summed E-state index contributed by atoms with van der Waals surface area (Å²) in [4.78, 5) is 17.1. The molecule has 0 radical (unpaired) electrons. The zero-order valence-corrected chi connectivity index (χ0v) is 13.7. The van der Waals surface area contributed by atoms with Gasteiger partial charge in [-0.05, 0) is 17.9 Å². The number of amides is 1. The summed E-state index contributed by atoms with van der Waals surface area (Å²) in [5, 5.41) is 9.57. The van der Waals surface area contributed by atoms with Crippen molar-refractivity contribution in [2.75, 3.05) is 13.2 Å². The second-order valence-corrected chi connectivity index (χ2v) is 5.97. The molecule has 0 unspecified atom stereocenters. The molecule has 124 valence electrons. The maximum Gasteiger partial charge on any atom is 0.283 e. The van der Waals surface area contributed by atoms with Crippen molar-refractivity contribution in [2.45, 2.75) is 33.1 Å². The Morgan fingerprint density at radius 1 is 1.39 bits per heavy atom. The average molecular weight is 316 g/mol. The van der Waals surface area contributed by atoms with E-state index in [0.717, 1.165) is 24.1 Å². The minimum atomic E-state index is -0.212. The standard InChI is InChI=1S/C17H24N4O2/c1-13(2)8-9-16(18)20-23-12-17(22)21-11-10-15(19-21)14-6-4-3-5-7-14/h3-7,13H,8-12H2,1-2H3,(H2,18,20). The fourth-order valence-corrected chi connectivity index (χ4v) is 2.20. The molecule has 6 nitrogen and oxygen atoms in total. The second-order valence-electron chi connectivity index (χ2n) is 5.97. The minimum absolute atomic E-state index is 0.145. The van der Waals surface area contributed by atoms with Gasteiger partial charge in [0.15, 0.2) is 6.61 Å². The van der Waals surface area contributed by atoms with E-state index in [9.17, 15) is 4.79 Å². The Hall–Kier alpha value is -2.37. The van der Waals surface area contributed by atoms with E-state index in [0.29, 0.717) is 24.7 Å². The zero-order chi connectivity index (χ0) is 16.7. The van der Waals surface area contributed by atoms with Crippen molar-refractivity contribution in [2.24, 2.45) is 21.9 Å². The van der Waals surface area contributed by atoms with Crippen molar-refractivity contribution >= 4 is 17.5 Å². The number of carbonyl (C=O) groups excluding carboxylic acids is 1. The lowest BCUT2D eigenvalue weighted by Crippen LogP contribution is -2.27. The maximum atomic E-state index is 12.1. The van der Waals surface area contributed by atoms with Crippen molar-refractivity contribution in [3.63, 3.8) is 0 Å². The van der Waals surface area contributed by atoms with E-state index in [4.69, 9.17) is 10.6 Å². The predicted octanol–water partition coefficient (Wildman–Crippen LogP) is 2.35. The molecule has 1 aliphatic rings. The number of rotatable bonds is 7. The van der Waals surface area contributed by atoms with E-state index in [1.165, 1.54) is 5.01 Å². The minimum Gasteiger partial charge on any atom is -0.384 e. The van der Waals surface area contributed by atoms with Crippen LogP contribution in [0.1, 0.15) is 38.7 Å². The van der Waals surface area contributed by atoms with Gasteiger partial charge in [-0.1, -0.05) is 49.3 Å². The van der Waals surface area contributed by atoms with Crippen LogP contribution in [-0.2, 0) is 9.63 Å². The Labute approximate surface area is 137 Å². The molecule has 2 rings (SSSR count). The Bertz CT molecular complexity index is 582. The van der Waals surface area contributed by atoms with Gasteiger partial charge in [0.1, 0.15) is 5.84 Å². The summed E-state index contributed by atoms with van der Waals surface area (Å²) in [7, 11) is 0. The van der Waals surface area contributed by atoms with Gasteiger partial charge in [0.2, 0.25) is 0 Å². The molecule has 0 aromatic heterocycles. The van der Waals surface area contributed by atoms with E-state index in [2.05, 4.69) is 24.1 Å². The van der Waals surface area contributed by atoms with E-state index >= 15 is 0 Å². The maximum absolute atomic E-state index is 12.1. The van der Waals surface area contributed by atoms with Crippen LogP contribution < -0.4 is 5.73 Å². The molecule has 2 N–H and O–H groups in total. The fraction of sp³-hybridized carbons (Fsp3) is 0.471. The normalized spacial score (nSPS) is 15.0. The van der Waals surface area contributed by atoms with E-state index in [1.807, 2.05) is 30.3 Å². The highest BCUT2D eigenvalue weighted by molar-refractivity contribution is 6.02. The molecule has 0 spiro atoms. The van der Waals surface area contributed by atoms with Crippen LogP contribution >= 0.6 is 0 Å². The third-order valence-electron chi connectivity index (χ3n) is 3.54. The highest BCUT2D eigenvalue weighted by Crippen LogP contribution is 2.13. The lowest BCUT2D eigenvalue weighted by atomic mass is 10.1. The third kappa shape index (κ3) is 5.39. The Balaban J connectivity index is 1.81. The van der Waals surface area contributed by atoms with E-state index in [-0.39, 0.29) is 12.5 Å². The summed E-state index contributed by atoms with van der Waals surface area (Å²) in [6, 6.07) is 9.85. The van der Waals surface area contributed by atoms with Gasteiger partial charge in [-0.3, -0.25) is 4.79 Å². The molecule has 0 aliphatic carbocycles. The lowest BCUT2D eigenvalue weighted by Gasteiger charge is -2.10. The van der Waals surface area contributed by atoms with Crippen molar-refractivity contribution in [1.29, 1.82) is 0 Å². The number of nitrogens with zero attached hydrogens (tertiary/aromatic N) is 3. The van der Waals surface area contributed by atoms with Gasteiger partial charge in [-0.25, -0.2) is 5.01 Å². The van der Waals surface area contributed by atoms with Crippen LogP contribution in [0.5, 0.6) is 0 Å². The summed E-state index contributed by atoms with van der Waals surface area (Å²) in [6.45, 7) is 4.66. The lowest BCUT2D eigenvalue weighted by molar-refractivity contribution is -0.135. The topological polar surface area (TPSA) is 80.3 Å². The van der Waals surface area contributed by atoms with Crippen LogP contribution in [0.15, 0.2) is 40.6 Å². The zero-order valence-electron chi connectivity index (χ0n) is 13.7. The van der Waals surface area contributed by atoms with Crippen LogP contribution in [0, 0.1) is 5.92 Å². The number of hydrogen-bond acceptors (Lipinski definition) is 4. The van der Waals surface area contributed by atoms with Crippen molar-refractivity contribution in [1.82, 2.24) is 5.01 Å². The Morgan fingerprint density at radius 2 is 2.13 bits per heavy atom. The van der Waals surface area contributed by atoms with Gasteiger partial charge < -0.3 is 10.6 Å². The molecule has 23 heavy (non-hydrogen) atoms. The van der Waals surface area contributed by atoms with Gasteiger partial charge >= 0.3 is 0 Å². The molecular weight excluding hydrogens is 292 g/mol. The van der Waals surface area contributed by atoms with Crippen LogP contribution in [0.4, 0.5) is 0 Å². The fourth-order valence-electron chi connectivity index (χ4n) is 2.20. The summed E-state index contributed by atoms with van der Waals surface area (Å²) >= 11 is 0. The monoisotopic (exact) mass is 316 g/mol. The van der Waals surface area contributed by atoms with Gasteiger partial charge in [-0.15, -0.1) is 0 Å². The quantitative estimate of drug-likeness (QED) is 0.476. The molecule has 0 saturated carbocycles. The highest BCUT2D eigenvalue weighted by Gasteiger charge is 2.21. The molecule has 0 bridgehead atoms. The van der Waals surface area contributed by atoms with Gasteiger partial charge in [0.25, 0.3) is 5.91 Å². The highest BCUT2D eigenvalue weighted by atomic mass is 16.6. The molecule has 1 aromatic carbocycles. The van der Waals surface area contributed by atoms with Crippen LogP contribution in [0.2, 0.25) is 0 Å². The van der Waals surface area contributed by atoms with Crippen molar-refractivity contribution < 1.29 is 9.63 Å². The Morgan fingerprint density at radius 3 is 2.83 bits per heavy atom. The van der Waals surface area contributed by atoms with Gasteiger partial charge in [0, 0.05) is 12.8 Å². The smallest absolute Gasteiger partial charge is 0.283 e. The molecule has 1 amide bonds. The number of nitrogens with two attached hydrogens (primary N) is 1. The summed E-state index contributed by atoms with van der Waals surface area (Å²) in [5.74, 6) is 0.762. The van der Waals surface area contributed by atoms with Crippen LogP contribution in [-0.4, -0.2) is 35.6 Å². The molecule has 0 fully saturated rings. The summed E-state index contributed by atoms with van der Waals surface area (Å²) in [5.41, 5.74) is 7.69. The van der Waals surface area contributed by atoms with Gasteiger partial charge in [0.05, 0.1) is 12.3 Å². The third-order valence-corrected chi connectivity index (χ3v) is 3.54. The largest absolute Gasteiger partial charge is 0.384 e. The first kappa shape index (κ1) is 17.0. The van der Waals surface area contributed by atoms with Crippen LogP contribution in [0.3, 0.4) is 0 Å². The number of carbonyl (C=O) groups is 1. The number of amidine groups is 1. The molecule has 0 atom stereocenters. The first-order chi connectivity index (χ1) is 11.1. The number of hydrogen-bond donors (Lipinski definition) is 1. The number of oxime groups is 1. The molecular formula is C17H24N4O2. The first-order valence-electron chi connectivity index (χ1n) is 7.94. The Kier molecular flexibility index (Phi) is 6.14. The first-order valence-corrected chi connectivity index (χ1v) is 7.94. The van der Waals surface area contributed by atoms with Crippen molar-refractivity contribution in [3.05, 3.63) is 35.9 Å². The van der Waals surface area contributed by atoms with Crippen LogP contribution in [0.25, 0.3) is 0 Å². The molecule has 1 aliphatic heterocycles. The van der Waals surface area contributed by atoms with E-state index < -0.39 is 0 Å². The predicted molar refractivity (Wildman–Crippen MR) is 91.0 cm³/mol. The molecule has 1 heterocycles. The number of hydrazone groups is 1. The SMILES string of the molecule is CC(C)CC/C(N)=N/OCC(=O)N1CCC(c2ccccc2)=N1. The molecule has 0 saturated heterocycles. The molecule has 1 aromatic rings. The summed E-state index contributed by atoms with van der Waals surface area (Å²) < 4.78 is 0. The van der Waals surface area contributed by atoms with Crippen molar-refractivity contribution in [3.8, 4) is 0 Å². The number of benzene rings is 1. The average Bonchev–Trinajstić information content (AvgIpc) is 3.04.